The number of benzene rings is 1. The summed E-state index contributed by atoms with van der Waals surface area (Å²) in [6.07, 6.45) is 7.01. The molecule has 2 rings (SSSR count). The van der Waals surface area contributed by atoms with Gasteiger partial charge in [-0.05, 0) is 30.5 Å². The van der Waals surface area contributed by atoms with Crippen molar-refractivity contribution in [1.29, 1.82) is 0 Å². The van der Waals surface area contributed by atoms with E-state index in [0.717, 1.165) is 11.8 Å². The molecule has 0 saturated carbocycles. The van der Waals surface area contributed by atoms with Gasteiger partial charge in [-0.2, -0.15) is 8.42 Å². The van der Waals surface area contributed by atoms with Crippen LogP contribution in [-0.4, -0.2) is 30.3 Å². The zero-order valence-corrected chi connectivity index (χ0v) is 14.4. The Hall–Kier alpha value is -1.08. The van der Waals surface area contributed by atoms with Gasteiger partial charge in [-0.25, -0.2) is 4.98 Å². The molecule has 0 radical (unpaired) electrons. The van der Waals surface area contributed by atoms with Crippen molar-refractivity contribution in [3.05, 3.63) is 53.6 Å². The van der Waals surface area contributed by atoms with E-state index in [-0.39, 0.29) is 12.4 Å². The second-order valence-electron chi connectivity index (χ2n) is 4.85. The molecular weight excluding hydrogens is 347 g/mol. The quantitative estimate of drug-likeness (QED) is 0.708. The van der Waals surface area contributed by atoms with E-state index in [0.29, 0.717) is 24.4 Å². The Morgan fingerprint density at radius 2 is 2.00 bits per heavy atom. The Balaban J connectivity index is 0.00000242. The third-order valence-electron chi connectivity index (χ3n) is 2.95. The van der Waals surface area contributed by atoms with Crippen LogP contribution in [0, 0.1) is 0 Å². The van der Waals surface area contributed by atoms with E-state index in [9.17, 15) is 8.42 Å². The third kappa shape index (κ3) is 6.79. The van der Waals surface area contributed by atoms with Gasteiger partial charge >= 0.3 is 0 Å². The fraction of sp³-hybridized carbons (Fsp3) is 0.357. The van der Waals surface area contributed by atoms with E-state index < -0.39 is 16.2 Å². The van der Waals surface area contributed by atoms with Crippen LogP contribution in [0.5, 0.6) is 0 Å². The van der Waals surface area contributed by atoms with Crippen LogP contribution in [0.25, 0.3) is 0 Å². The van der Waals surface area contributed by atoms with Gasteiger partial charge in [-0.1, -0.05) is 23.7 Å². The highest BCUT2D eigenvalue weighted by molar-refractivity contribution is 7.86. The summed E-state index contributed by atoms with van der Waals surface area (Å²) in [5, 5.41) is 0.682. The second-order valence-corrected chi connectivity index (χ2v) is 6.88. The van der Waals surface area contributed by atoms with Gasteiger partial charge < -0.3 is 4.57 Å². The maximum Gasteiger partial charge on any atom is 0.264 e. The Morgan fingerprint density at radius 3 is 2.55 bits per heavy atom. The average molecular weight is 365 g/mol. The number of hydrogen-bond donors (Lipinski definition) is 0. The molecule has 0 spiro atoms. The monoisotopic (exact) mass is 364 g/mol. The zero-order valence-electron chi connectivity index (χ0n) is 12.1. The van der Waals surface area contributed by atoms with E-state index >= 15 is 0 Å². The summed E-state index contributed by atoms with van der Waals surface area (Å²) in [6.45, 7) is 0.445. The standard InChI is InChI=1S/C14H17ClN2O3S.ClH/c1-21(18,19)20-14(10-17-9-8-16-11-17)7-4-12-2-5-13(15)6-3-12;/h2-3,5-6,8-9,11,14H,4,7,10H2,1H3;1H. The van der Waals surface area contributed by atoms with Crippen LogP contribution in [0.4, 0.5) is 0 Å². The highest BCUT2D eigenvalue weighted by Crippen LogP contribution is 2.14. The van der Waals surface area contributed by atoms with E-state index in [1.165, 1.54) is 0 Å². The molecule has 0 amide bonds. The third-order valence-corrected chi connectivity index (χ3v) is 3.83. The first kappa shape index (κ1) is 19.0. The molecule has 0 aliphatic heterocycles. The lowest BCUT2D eigenvalue weighted by atomic mass is 10.1. The minimum atomic E-state index is -3.49. The maximum absolute atomic E-state index is 11.4. The molecule has 5 nitrogen and oxygen atoms in total. The summed E-state index contributed by atoms with van der Waals surface area (Å²) in [7, 11) is -3.49. The van der Waals surface area contributed by atoms with Crippen LogP contribution in [-0.2, 0) is 27.3 Å². The zero-order chi connectivity index (χ0) is 15.3. The smallest absolute Gasteiger partial charge is 0.264 e. The predicted octanol–water partition coefficient (Wildman–Crippen LogP) is 2.94. The number of aryl methyl sites for hydroxylation is 1. The Kier molecular flexibility index (Phi) is 7.35. The van der Waals surface area contributed by atoms with E-state index in [4.69, 9.17) is 15.8 Å². The summed E-state index contributed by atoms with van der Waals surface area (Å²) < 4.78 is 29.7. The fourth-order valence-corrected chi connectivity index (χ4v) is 2.80. The number of imidazole rings is 1. The lowest BCUT2D eigenvalue weighted by Crippen LogP contribution is -2.23. The van der Waals surface area contributed by atoms with Gasteiger partial charge in [0.15, 0.2) is 0 Å². The van der Waals surface area contributed by atoms with Gasteiger partial charge in [-0.15, -0.1) is 12.4 Å². The first-order chi connectivity index (χ1) is 9.92. The van der Waals surface area contributed by atoms with Crippen LogP contribution >= 0.6 is 24.0 Å². The molecule has 8 heteroatoms. The normalized spacial score (nSPS) is 12.6. The minimum absolute atomic E-state index is 0. The van der Waals surface area contributed by atoms with Gasteiger partial charge in [0.1, 0.15) is 0 Å². The Bertz CT molecular complexity index is 658. The minimum Gasteiger partial charge on any atom is -0.335 e. The van der Waals surface area contributed by atoms with Crippen LogP contribution in [0.2, 0.25) is 5.02 Å². The highest BCUT2D eigenvalue weighted by Gasteiger charge is 2.16. The maximum atomic E-state index is 11.4. The van der Waals surface area contributed by atoms with Gasteiger partial charge in [0, 0.05) is 17.4 Å². The van der Waals surface area contributed by atoms with Crippen molar-refractivity contribution in [3.63, 3.8) is 0 Å². The number of rotatable bonds is 7. The molecule has 1 aromatic heterocycles. The number of aromatic nitrogens is 2. The van der Waals surface area contributed by atoms with Crippen molar-refractivity contribution < 1.29 is 12.6 Å². The van der Waals surface area contributed by atoms with Gasteiger partial charge in [0.05, 0.1) is 25.2 Å². The first-order valence-corrected chi connectivity index (χ1v) is 8.70. The molecule has 1 heterocycles. The van der Waals surface area contributed by atoms with Crippen molar-refractivity contribution in [2.45, 2.75) is 25.5 Å². The summed E-state index contributed by atoms with van der Waals surface area (Å²) in [6, 6.07) is 7.49. The van der Waals surface area contributed by atoms with Crippen molar-refractivity contribution in [2.24, 2.45) is 0 Å². The molecule has 2 aromatic rings. The fourth-order valence-electron chi connectivity index (χ4n) is 2.03. The molecule has 22 heavy (non-hydrogen) atoms. The van der Waals surface area contributed by atoms with Crippen molar-refractivity contribution >= 4 is 34.1 Å². The largest absolute Gasteiger partial charge is 0.335 e. The van der Waals surface area contributed by atoms with Crippen LogP contribution in [0.1, 0.15) is 12.0 Å². The molecule has 1 unspecified atom stereocenters. The summed E-state index contributed by atoms with van der Waals surface area (Å²) in [5.41, 5.74) is 1.09. The molecule has 0 aliphatic rings. The summed E-state index contributed by atoms with van der Waals surface area (Å²) >= 11 is 5.84. The molecular formula is C14H18Cl2N2O3S. The van der Waals surface area contributed by atoms with Crippen LogP contribution in [0.3, 0.4) is 0 Å². The molecule has 1 atom stereocenters. The van der Waals surface area contributed by atoms with Gasteiger partial charge in [0.25, 0.3) is 10.1 Å². The molecule has 122 valence electrons. The number of hydrogen-bond acceptors (Lipinski definition) is 4. The van der Waals surface area contributed by atoms with E-state index in [1.807, 2.05) is 24.3 Å². The number of halogens is 2. The first-order valence-electron chi connectivity index (χ1n) is 6.51. The molecule has 0 bridgehead atoms. The molecule has 0 aliphatic carbocycles. The predicted molar refractivity (Wildman–Crippen MR) is 89.0 cm³/mol. The molecule has 1 aromatic carbocycles. The Morgan fingerprint density at radius 1 is 1.32 bits per heavy atom. The van der Waals surface area contributed by atoms with Gasteiger partial charge in [-0.3, -0.25) is 4.18 Å². The average Bonchev–Trinajstić information content (AvgIpc) is 2.89. The summed E-state index contributed by atoms with van der Waals surface area (Å²) in [4.78, 5) is 3.94. The topological polar surface area (TPSA) is 61.2 Å². The van der Waals surface area contributed by atoms with E-state index in [1.54, 1.807) is 23.3 Å². The second kappa shape index (κ2) is 8.53. The van der Waals surface area contributed by atoms with Crippen LogP contribution < -0.4 is 0 Å². The lowest BCUT2D eigenvalue weighted by Gasteiger charge is -2.16. The SMILES string of the molecule is CS(=O)(=O)OC(CCc1ccc(Cl)cc1)Cn1ccnc1.Cl. The highest BCUT2D eigenvalue weighted by atomic mass is 35.5. The van der Waals surface area contributed by atoms with Crippen molar-refractivity contribution in [3.8, 4) is 0 Å². The van der Waals surface area contributed by atoms with Crippen molar-refractivity contribution in [2.75, 3.05) is 6.26 Å². The Labute approximate surface area is 141 Å². The van der Waals surface area contributed by atoms with E-state index in [2.05, 4.69) is 4.98 Å². The lowest BCUT2D eigenvalue weighted by molar-refractivity contribution is 0.180. The molecule has 0 fully saturated rings. The van der Waals surface area contributed by atoms with Crippen LogP contribution in [0.15, 0.2) is 43.0 Å². The number of nitrogens with zero attached hydrogens (tertiary/aromatic N) is 2. The summed E-state index contributed by atoms with van der Waals surface area (Å²) in [5.74, 6) is 0. The van der Waals surface area contributed by atoms with Gasteiger partial charge in [0.2, 0.25) is 0 Å². The van der Waals surface area contributed by atoms with Crippen molar-refractivity contribution in [1.82, 2.24) is 9.55 Å². The molecule has 0 N–H and O–H groups in total. The molecule has 0 saturated heterocycles.